The Hall–Kier alpha value is -0.825. The van der Waals surface area contributed by atoms with Crippen LogP contribution in [0.15, 0.2) is 0 Å². The standard InChI is InChI=1S/2C5H3.Hg/c2*1-3-5-4-2;/h2*1H3;. The number of rotatable bonds is 0. The van der Waals surface area contributed by atoms with E-state index in [1.165, 1.54) is 0 Å². The molecular weight excluding hydrogens is 321 g/mol. The van der Waals surface area contributed by atoms with E-state index in [0.717, 1.165) is 0 Å². The van der Waals surface area contributed by atoms with Gasteiger partial charge < -0.3 is 0 Å². The number of hydrogen-bond acceptors (Lipinski definition) is 0. The molecule has 0 unspecified atom stereocenters. The fraction of sp³-hybridized carbons (Fsp3) is 0.200. The molecule has 0 aliphatic rings. The van der Waals surface area contributed by atoms with Crippen LogP contribution < -0.4 is 0 Å². The van der Waals surface area contributed by atoms with Gasteiger partial charge in [-0.2, -0.15) is 0 Å². The summed E-state index contributed by atoms with van der Waals surface area (Å²) >= 11 is -1.22. The molecule has 0 aliphatic heterocycles. The first-order chi connectivity index (χ1) is 5.41. The summed E-state index contributed by atoms with van der Waals surface area (Å²) in [4.78, 5) is 0. The third-order valence-electron chi connectivity index (χ3n) is 0.729. The van der Waals surface area contributed by atoms with E-state index in [2.05, 4.69) is 42.4 Å². The molecule has 0 nitrogen and oxygen atoms in total. The summed E-state index contributed by atoms with van der Waals surface area (Å²) in [5, 5.41) is 0. The normalized spacial score (nSPS) is 3.82. The van der Waals surface area contributed by atoms with Crippen LogP contribution in [0.5, 0.6) is 0 Å². The molecule has 0 amide bonds. The third-order valence-corrected chi connectivity index (χ3v) is 3.48. The maximum absolute atomic E-state index is 3.00. The molecule has 0 atom stereocenters. The molecular formula is C10H6Hg. The van der Waals surface area contributed by atoms with E-state index < -0.39 is 24.6 Å². The fourth-order valence-electron chi connectivity index (χ4n) is 0.346. The third kappa shape index (κ3) is 9.18. The monoisotopic (exact) mass is 328 g/mol. The van der Waals surface area contributed by atoms with Crippen LogP contribution >= 0.6 is 0 Å². The predicted molar refractivity (Wildman–Crippen MR) is 42.5 cm³/mol. The first-order valence-corrected chi connectivity index (χ1v) is 8.70. The van der Waals surface area contributed by atoms with Gasteiger partial charge in [0.15, 0.2) is 0 Å². The molecule has 0 fully saturated rings. The molecule has 0 heterocycles. The first-order valence-electron chi connectivity index (χ1n) is 3.21. The van der Waals surface area contributed by atoms with Crippen molar-refractivity contribution in [2.24, 2.45) is 0 Å². The molecule has 0 radical (unpaired) electrons. The average Bonchev–Trinajstić information content (AvgIpc) is 2.03. The SMILES string of the molecule is CC#CC#[C][Hg][C]#CC#CC. The van der Waals surface area contributed by atoms with Crippen LogP contribution in [0.2, 0.25) is 0 Å². The second kappa shape index (κ2) is 9.18. The van der Waals surface area contributed by atoms with Crippen LogP contribution in [-0.2, 0) is 24.6 Å². The van der Waals surface area contributed by atoms with Gasteiger partial charge in [0, 0.05) is 0 Å². The molecule has 0 aliphatic carbocycles. The molecule has 0 aromatic rings. The van der Waals surface area contributed by atoms with Crippen molar-refractivity contribution in [1.82, 2.24) is 0 Å². The number of hydrogen-bond donors (Lipinski definition) is 0. The zero-order valence-corrected chi connectivity index (χ0v) is 12.2. The van der Waals surface area contributed by atoms with Crippen molar-refractivity contribution in [2.75, 3.05) is 0 Å². The quantitative estimate of drug-likeness (QED) is 0.461. The van der Waals surface area contributed by atoms with Crippen molar-refractivity contribution < 1.29 is 24.6 Å². The Labute approximate surface area is 80.6 Å². The van der Waals surface area contributed by atoms with E-state index in [4.69, 9.17) is 0 Å². The second-order valence-electron chi connectivity index (χ2n) is 1.53. The molecule has 0 spiro atoms. The van der Waals surface area contributed by atoms with Crippen LogP contribution in [0.1, 0.15) is 13.8 Å². The van der Waals surface area contributed by atoms with Gasteiger partial charge in [-0.3, -0.25) is 0 Å². The zero-order valence-electron chi connectivity index (χ0n) is 6.71. The molecule has 0 N–H and O–H groups in total. The summed E-state index contributed by atoms with van der Waals surface area (Å²) < 4.78 is 6.00. The van der Waals surface area contributed by atoms with Crippen molar-refractivity contribution in [3.05, 3.63) is 0 Å². The summed E-state index contributed by atoms with van der Waals surface area (Å²) in [6, 6.07) is 0. The molecule has 0 aromatic carbocycles. The van der Waals surface area contributed by atoms with Crippen molar-refractivity contribution in [2.45, 2.75) is 13.8 Å². The van der Waals surface area contributed by atoms with Gasteiger partial charge in [-0.05, 0) is 0 Å². The molecule has 0 rings (SSSR count). The first kappa shape index (κ1) is 10.2. The Bertz CT molecular complexity index is 297. The van der Waals surface area contributed by atoms with Crippen molar-refractivity contribution >= 4 is 0 Å². The molecule has 1 heteroatoms. The summed E-state index contributed by atoms with van der Waals surface area (Å²) in [6.45, 7) is 3.56. The molecule has 11 heavy (non-hydrogen) atoms. The second-order valence-corrected chi connectivity index (χ2v) is 5.65. The summed E-state index contributed by atoms with van der Waals surface area (Å²) in [5.74, 6) is 16.3. The van der Waals surface area contributed by atoms with Crippen LogP contribution in [0, 0.1) is 42.4 Å². The van der Waals surface area contributed by atoms with Gasteiger partial charge in [0.05, 0.1) is 0 Å². The molecule has 48 valence electrons. The van der Waals surface area contributed by atoms with Gasteiger partial charge >= 0.3 is 80.8 Å². The van der Waals surface area contributed by atoms with Gasteiger partial charge in [-0.25, -0.2) is 0 Å². The van der Waals surface area contributed by atoms with Gasteiger partial charge in [0.25, 0.3) is 0 Å². The Morgan fingerprint density at radius 3 is 1.55 bits per heavy atom. The van der Waals surface area contributed by atoms with E-state index in [1.807, 2.05) is 0 Å². The Morgan fingerprint density at radius 2 is 1.18 bits per heavy atom. The summed E-state index contributed by atoms with van der Waals surface area (Å²) in [6.07, 6.45) is 0. The van der Waals surface area contributed by atoms with Gasteiger partial charge in [0.1, 0.15) is 0 Å². The molecule has 0 saturated carbocycles. The Kier molecular flexibility index (Phi) is 8.49. The average molecular weight is 327 g/mol. The molecule has 0 bridgehead atoms. The van der Waals surface area contributed by atoms with Gasteiger partial charge in [-0.15, -0.1) is 0 Å². The van der Waals surface area contributed by atoms with Crippen LogP contribution in [0.3, 0.4) is 0 Å². The van der Waals surface area contributed by atoms with E-state index in [9.17, 15) is 0 Å². The minimum absolute atomic E-state index is 1.22. The van der Waals surface area contributed by atoms with Crippen LogP contribution in [0.4, 0.5) is 0 Å². The van der Waals surface area contributed by atoms with E-state index >= 15 is 0 Å². The Morgan fingerprint density at radius 1 is 0.727 bits per heavy atom. The topological polar surface area (TPSA) is 0 Å². The van der Waals surface area contributed by atoms with Crippen molar-refractivity contribution in [3.63, 3.8) is 0 Å². The summed E-state index contributed by atoms with van der Waals surface area (Å²) in [7, 11) is 0. The minimum atomic E-state index is -1.22. The van der Waals surface area contributed by atoms with E-state index in [-0.39, 0.29) is 0 Å². The maximum atomic E-state index is 3.00. The summed E-state index contributed by atoms with van der Waals surface area (Å²) in [5.41, 5.74) is 0. The Balaban J connectivity index is 3.72. The fourth-order valence-corrected chi connectivity index (χ4v) is 2.06. The van der Waals surface area contributed by atoms with Gasteiger partial charge in [0.2, 0.25) is 0 Å². The van der Waals surface area contributed by atoms with Crippen molar-refractivity contribution in [3.8, 4) is 42.4 Å². The van der Waals surface area contributed by atoms with E-state index in [1.54, 1.807) is 13.8 Å². The molecule has 0 saturated heterocycles. The van der Waals surface area contributed by atoms with Crippen LogP contribution in [-0.4, -0.2) is 0 Å². The zero-order chi connectivity index (χ0) is 8.36. The van der Waals surface area contributed by atoms with Crippen LogP contribution in [0.25, 0.3) is 0 Å². The molecule has 0 aromatic heterocycles. The van der Waals surface area contributed by atoms with Gasteiger partial charge in [-0.1, -0.05) is 0 Å². The van der Waals surface area contributed by atoms with E-state index in [0.29, 0.717) is 0 Å². The van der Waals surface area contributed by atoms with Crippen molar-refractivity contribution in [1.29, 1.82) is 0 Å². The predicted octanol–water partition coefficient (Wildman–Crippen LogP) is 1.04.